The Kier molecular flexibility index (Phi) is 7.28. The van der Waals surface area contributed by atoms with Crippen molar-refractivity contribution in [1.29, 1.82) is 0 Å². The number of ether oxygens (including phenoxy) is 2. The van der Waals surface area contributed by atoms with Crippen LogP contribution in [0.25, 0.3) is 0 Å². The van der Waals surface area contributed by atoms with Crippen LogP contribution in [0.1, 0.15) is 18.0 Å². The summed E-state index contributed by atoms with van der Waals surface area (Å²) in [6.45, 7) is 0.206. The number of halogens is 1. The lowest BCUT2D eigenvalue weighted by Gasteiger charge is -2.18. The average molecular weight is 391 g/mol. The Morgan fingerprint density at radius 2 is 1.93 bits per heavy atom. The summed E-state index contributed by atoms with van der Waals surface area (Å²) in [7, 11) is 4.99. The predicted octanol–water partition coefficient (Wildman–Crippen LogP) is 3.52. The van der Waals surface area contributed by atoms with E-state index in [1.807, 2.05) is 12.1 Å². The molecule has 0 radical (unpaired) electrons. The highest BCUT2D eigenvalue weighted by atomic mass is 19.1. The van der Waals surface area contributed by atoms with Crippen LogP contribution in [0.15, 0.2) is 42.5 Å². The van der Waals surface area contributed by atoms with Gasteiger partial charge in [0, 0.05) is 32.6 Å². The third-order valence-electron chi connectivity index (χ3n) is 3.99. The van der Waals surface area contributed by atoms with Gasteiger partial charge in [-0.15, -0.1) is 0 Å². The zero-order valence-electron chi connectivity index (χ0n) is 15.8. The summed E-state index contributed by atoms with van der Waals surface area (Å²) < 4.78 is 24.4. The van der Waals surface area contributed by atoms with Crippen LogP contribution in [-0.4, -0.2) is 43.7 Å². The Bertz CT molecular complexity index is 827. The van der Waals surface area contributed by atoms with Crippen molar-refractivity contribution in [3.63, 3.8) is 0 Å². The summed E-state index contributed by atoms with van der Waals surface area (Å²) in [5.41, 5.74) is 0.618. The van der Waals surface area contributed by atoms with Crippen LogP contribution in [0.3, 0.4) is 0 Å². The van der Waals surface area contributed by atoms with Crippen molar-refractivity contribution < 1.29 is 23.6 Å². The first-order valence-electron chi connectivity index (χ1n) is 8.55. The number of carbonyl (C=O) groups excluding carboxylic acids is 1. The van der Waals surface area contributed by atoms with Crippen LogP contribution < -0.4 is 14.8 Å². The number of hydrogen-bond acceptors (Lipinski definition) is 6. The number of rotatable bonds is 8. The zero-order valence-corrected chi connectivity index (χ0v) is 15.8. The molecule has 1 unspecified atom stereocenters. The number of hydrogen-bond donors (Lipinski definition) is 1. The van der Waals surface area contributed by atoms with E-state index in [2.05, 4.69) is 5.32 Å². The van der Waals surface area contributed by atoms with E-state index in [1.165, 1.54) is 17.0 Å². The van der Waals surface area contributed by atoms with Crippen LogP contribution in [0.5, 0.6) is 11.5 Å². The minimum absolute atomic E-state index is 0.0357. The lowest BCUT2D eigenvalue weighted by molar-refractivity contribution is -0.385. The molecule has 0 saturated heterocycles. The summed E-state index contributed by atoms with van der Waals surface area (Å²) in [5, 5.41) is 13.8. The van der Waals surface area contributed by atoms with Gasteiger partial charge in [0.2, 0.25) is 0 Å². The first kappa shape index (κ1) is 21.1. The molecule has 1 N–H and O–H groups in total. The van der Waals surface area contributed by atoms with Gasteiger partial charge in [-0.1, -0.05) is 12.1 Å². The van der Waals surface area contributed by atoms with E-state index in [-0.39, 0.29) is 24.1 Å². The second-order valence-corrected chi connectivity index (χ2v) is 6.18. The Morgan fingerprint density at radius 3 is 2.46 bits per heavy atom. The molecule has 8 nitrogen and oxygen atoms in total. The van der Waals surface area contributed by atoms with E-state index in [0.717, 1.165) is 11.6 Å². The van der Waals surface area contributed by atoms with Crippen molar-refractivity contribution in [2.75, 3.05) is 27.7 Å². The van der Waals surface area contributed by atoms with Crippen molar-refractivity contribution in [3.05, 3.63) is 64.0 Å². The quantitative estimate of drug-likeness (QED) is 0.547. The van der Waals surface area contributed by atoms with Gasteiger partial charge in [0.1, 0.15) is 5.75 Å². The van der Waals surface area contributed by atoms with E-state index >= 15 is 0 Å². The van der Waals surface area contributed by atoms with Crippen molar-refractivity contribution in [1.82, 2.24) is 10.2 Å². The first-order valence-corrected chi connectivity index (χ1v) is 8.55. The third kappa shape index (κ3) is 5.65. The molecule has 2 rings (SSSR count). The number of nitrogens with zero attached hydrogens (tertiary/aromatic N) is 2. The molecule has 0 saturated carbocycles. The van der Waals surface area contributed by atoms with E-state index in [0.29, 0.717) is 12.2 Å². The molecule has 0 aliphatic carbocycles. The first-order chi connectivity index (χ1) is 13.3. The van der Waals surface area contributed by atoms with E-state index in [4.69, 9.17) is 9.47 Å². The Morgan fingerprint density at radius 1 is 1.25 bits per heavy atom. The molecule has 150 valence electrons. The number of nitrogens with one attached hydrogen (secondary N) is 1. The fraction of sp³-hybridized carbons (Fsp3) is 0.316. The normalized spacial score (nSPS) is 11.6. The van der Waals surface area contributed by atoms with Gasteiger partial charge in [0.25, 0.3) is 5.69 Å². The van der Waals surface area contributed by atoms with Gasteiger partial charge in [-0.05, 0) is 30.8 Å². The van der Waals surface area contributed by atoms with Crippen molar-refractivity contribution >= 4 is 11.8 Å². The van der Waals surface area contributed by atoms with Crippen LogP contribution in [-0.2, 0) is 0 Å². The number of nitro groups is 1. The number of carbonyl (C=O) groups is 1. The van der Waals surface area contributed by atoms with Gasteiger partial charge in [0.05, 0.1) is 17.6 Å². The maximum absolute atomic E-state index is 13.9. The molecule has 0 bridgehead atoms. The number of amides is 1. The maximum atomic E-state index is 13.9. The summed E-state index contributed by atoms with van der Waals surface area (Å²) in [5.74, 6) is -0.379. The highest BCUT2D eigenvalue weighted by molar-refractivity contribution is 5.69. The Labute approximate surface area is 162 Å². The minimum atomic E-state index is -0.776. The van der Waals surface area contributed by atoms with Gasteiger partial charge < -0.3 is 19.7 Å². The molecule has 2 aromatic carbocycles. The third-order valence-corrected chi connectivity index (χ3v) is 3.99. The monoisotopic (exact) mass is 391 g/mol. The lowest BCUT2D eigenvalue weighted by Crippen LogP contribution is -2.25. The van der Waals surface area contributed by atoms with Gasteiger partial charge >= 0.3 is 6.09 Å². The highest BCUT2D eigenvalue weighted by Gasteiger charge is 2.14. The van der Waals surface area contributed by atoms with E-state index in [1.54, 1.807) is 33.3 Å². The Balaban J connectivity index is 1.93. The second-order valence-electron chi connectivity index (χ2n) is 6.18. The van der Waals surface area contributed by atoms with Crippen LogP contribution in [0.4, 0.5) is 14.9 Å². The zero-order chi connectivity index (χ0) is 20.7. The SMILES string of the molecule is CNC(CCOc1ccc([N+](=O)[O-])cc1F)c1ccc(OC(=O)N(C)C)cc1. The van der Waals surface area contributed by atoms with Crippen LogP contribution in [0, 0.1) is 15.9 Å². The number of benzene rings is 2. The molecule has 2 aromatic rings. The summed E-state index contributed by atoms with van der Waals surface area (Å²) in [4.78, 5) is 22.9. The molecule has 9 heteroatoms. The minimum Gasteiger partial charge on any atom is -0.490 e. The van der Waals surface area contributed by atoms with Crippen molar-refractivity contribution in [2.45, 2.75) is 12.5 Å². The maximum Gasteiger partial charge on any atom is 0.414 e. The summed E-state index contributed by atoms with van der Waals surface area (Å²) >= 11 is 0. The fourth-order valence-corrected chi connectivity index (χ4v) is 2.45. The van der Waals surface area contributed by atoms with Gasteiger partial charge in [-0.3, -0.25) is 10.1 Å². The molecule has 0 aliphatic rings. The number of nitro benzene ring substituents is 1. The predicted molar refractivity (Wildman–Crippen MR) is 101 cm³/mol. The highest BCUT2D eigenvalue weighted by Crippen LogP contribution is 2.24. The van der Waals surface area contributed by atoms with E-state index < -0.39 is 16.8 Å². The molecule has 0 heterocycles. The largest absolute Gasteiger partial charge is 0.490 e. The topological polar surface area (TPSA) is 93.9 Å². The molecule has 1 amide bonds. The standard InChI is InChI=1S/C19H22FN3O5/c1-21-17(13-4-7-15(8-5-13)28-19(24)22(2)3)10-11-27-18-9-6-14(23(25)26)12-16(18)20/h4-9,12,17,21H,10-11H2,1-3H3. The smallest absolute Gasteiger partial charge is 0.414 e. The van der Waals surface area contributed by atoms with Gasteiger partial charge in [-0.25, -0.2) is 9.18 Å². The second kappa shape index (κ2) is 9.65. The fourth-order valence-electron chi connectivity index (χ4n) is 2.45. The molecule has 0 aromatic heterocycles. The van der Waals surface area contributed by atoms with Gasteiger partial charge in [0.15, 0.2) is 11.6 Å². The Hall–Kier alpha value is -3.20. The molecular weight excluding hydrogens is 369 g/mol. The molecule has 0 aliphatic heterocycles. The van der Waals surface area contributed by atoms with Crippen LogP contribution >= 0.6 is 0 Å². The summed E-state index contributed by atoms with van der Waals surface area (Å²) in [6.07, 6.45) is 0.0699. The van der Waals surface area contributed by atoms with E-state index in [9.17, 15) is 19.3 Å². The molecule has 0 spiro atoms. The average Bonchev–Trinajstić information content (AvgIpc) is 2.67. The molecule has 28 heavy (non-hydrogen) atoms. The number of non-ortho nitro benzene ring substituents is 1. The van der Waals surface area contributed by atoms with Crippen LogP contribution in [0.2, 0.25) is 0 Å². The lowest BCUT2D eigenvalue weighted by atomic mass is 10.0. The van der Waals surface area contributed by atoms with Crippen molar-refractivity contribution in [2.24, 2.45) is 0 Å². The van der Waals surface area contributed by atoms with Gasteiger partial charge in [-0.2, -0.15) is 0 Å². The molecule has 0 fully saturated rings. The molecule has 1 atom stereocenters. The summed E-state index contributed by atoms with van der Waals surface area (Å²) in [6, 6.07) is 10.2. The van der Waals surface area contributed by atoms with Crippen molar-refractivity contribution in [3.8, 4) is 11.5 Å². The molecular formula is C19H22FN3O5.